The molecule has 2 heterocycles. The van der Waals surface area contributed by atoms with Crippen molar-refractivity contribution in [2.45, 2.75) is 6.42 Å². The Balaban J connectivity index is 0.00000243. The molecular formula is C34H36F2N10O7. The number of rotatable bonds is 14. The van der Waals surface area contributed by atoms with Gasteiger partial charge < -0.3 is 48.1 Å². The van der Waals surface area contributed by atoms with Crippen LogP contribution in [0.4, 0.5) is 20.2 Å². The van der Waals surface area contributed by atoms with Crippen LogP contribution >= 0.6 is 0 Å². The Morgan fingerprint density at radius 1 is 0.811 bits per heavy atom. The van der Waals surface area contributed by atoms with Crippen molar-refractivity contribution in [1.82, 2.24) is 19.1 Å². The highest BCUT2D eigenvalue weighted by atomic mass is 19.1. The van der Waals surface area contributed by atoms with E-state index < -0.39 is 40.7 Å². The third kappa shape index (κ3) is 11.4. The molecule has 0 aliphatic rings. The van der Waals surface area contributed by atoms with Crippen molar-refractivity contribution in [3.63, 3.8) is 0 Å². The number of carboxylic acids is 1. The zero-order chi connectivity index (χ0) is 39.1. The summed E-state index contributed by atoms with van der Waals surface area (Å²) >= 11 is 0. The van der Waals surface area contributed by atoms with Gasteiger partial charge in [0.05, 0.1) is 34.9 Å². The number of anilines is 2. The topological polar surface area (TPSA) is 271 Å². The van der Waals surface area contributed by atoms with Gasteiger partial charge in [0.1, 0.15) is 30.1 Å². The van der Waals surface area contributed by atoms with Gasteiger partial charge in [-0.15, -0.1) is 0 Å². The van der Waals surface area contributed by atoms with Crippen LogP contribution in [0.3, 0.4) is 0 Å². The number of aromatic carboxylic acids is 1. The number of imidazole rings is 2. The fourth-order valence-corrected chi connectivity index (χ4v) is 4.13. The number of nitrogens with zero attached hydrogens (tertiary/aromatic N) is 4. The molecule has 0 saturated heterocycles. The van der Waals surface area contributed by atoms with Crippen LogP contribution in [-0.4, -0.2) is 69.1 Å². The quantitative estimate of drug-likeness (QED) is 0.0557. The first kappa shape index (κ1) is 40.2. The summed E-state index contributed by atoms with van der Waals surface area (Å²) in [7, 11) is 3.25. The first-order valence-corrected chi connectivity index (χ1v) is 15.1. The van der Waals surface area contributed by atoms with Crippen molar-refractivity contribution in [3.8, 4) is 5.75 Å². The first-order chi connectivity index (χ1) is 25.3. The number of halogens is 2. The minimum absolute atomic E-state index is 0.0327. The number of methoxy groups -OCH3 is 1. The maximum absolute atomic E-state index is 14.9. The predicted molar refractivity (Wildman–Crippen MR) is 190 cm³/mol. The molecule has 2 aromatic carbocycles. The molecule has 0 atom stereocenters. The van der Waals surface area contributed by atoms with E-state index >= 15 is 0 Å². The molecule has 0 aliphatic heterocycles. The van der Waals surface area contributed by atoms with Gasteiger partial charge in [0.25, 0.3) is 11.8 Å². The van der Waals surface area contributed by atoms with Crippen molar-refractivity contribution in [3.05, 3.63) is 126 Å². The third-order valence-electron chi connectivity index (χ3n) is 6.77. The van der Waals surface area contributed by atoms with Crippen LogP contribution in [0.2, 0.25) is 0 Å². The van der Waals surface area contributed by atoms with Crippen LogP contribution in [0.15, 0.2) is 97.4 Å². The molecule has 0 unspecified atom stereocenters. The Kier molecular flexibility index (Phi) is 14.5. The number of aromatic nitrogens is 4. The van der Waals surface area contributed by atoms with Gasteiger partial charge in [-0.25, -0.2) is 23.5 Å². The van der Waals surface area contributed by atoms with Gasteiger partial charge in [-0.1, -0.05) is 0 Å². The average molecular weight is 735 g/mol. The lowest BCUT2D eigenvalue weighted by atomic mass is 10.1. The highest BCUT2D eigenvalue weighted by Gasteiger charge is 2.20. The van der Waals surface area contributed by atoms with Gasteiger partial charge in [0.15, 0.2) is 17.9 Å². The largest absolute Gasteiger partial charge is 0.490 e. The minimum Gasteiger partial charge on any atom is -0.490 e. The van der Waals surface area contributed by atoms with E-state index in [2.05, 4.69) is 25.3 Å². The van der Waals surface area contributed by atoms with Gasteiger partial charge in [-0.2, -0.15) is 0 Å². The SMILES string of the molecule is COC.N/C(=C\C=C(/N)n1ccnc1)C(=O)Nc1cc(CCOc2cc(NC(=O)/C(N)=C/C=C(\N)n3ccnc3)c(C(=O)O)cc2F)c(F)cc1C=O. The predicted octanol–water partition coefficient (Wildman–Crippen LogP) is 2.23. The Hall–Kier alpha value is -7.28. The van der Waals surface area contributed by atoms with Crippen LogP contribution in [-0.2, 0) is 20.7 Å². The van der Waals surface area contributed by atoms with Crippen LogP contribution in [0.1, 0.15) is 26.3 Å². The molecule has 2 aromatic heterocycles. The monoisotopic (exact) mass is 734 g/mol. The minimum atomic E-state index is -1.56. The lowest BCUT2D eigenvalue weighted by molar-refractivity contribution is -0.113. The molecular weight excluding hydrogens is 698 g/mol. The molecule has 17 nitrogen and oxygen atoms in total. The van der Waals surface area contributed by atoms with Gasteiger partial charge >= 0.3 is 5.97 Å². The summed E-state index contributed by atoms with van der Waals surface area (Å²) in [6, 6.07) is 3.64. The molecule has 0 aliphatic carbocycles. The zero-order valence-corrected chi connectivity index (χ0v) is 28.3. The van der Waals surface area contributed by atoms with E-state index in [4.69, 9.17) is 27.7 Å². The van der Waals surface area contributed by atoms with Crippen molar-refractivity contribution in [2.24, 2.45) is 22.9 Å². The van der Waals surface area contributed by atoms with Crippen molar-refractivity contribution in [2.75, 3.05) is 31.5 Å². The standard InChI is InChI=1S/C32H30F2N10O6.C2H6O/c33-21-11-19(15-45)25(41-30(46)23(35)1-3-28(37)43-8-6-39-16-43)12-18(21)5-10-50-27-14-26(20(32(48)49)13-22(27)34)42-31(47)24(36)2-4-29(38)44-9-7-40-17-44;1-3-2/h1-4,6-9,11-17H,5,10,35-38H2,(H,41,46)(H,42,47)(H,48,49);1-2H3/b23-1-,24-2-,28-3+,29-4+;. The Morgan fingerprint density at radius 3 is 1.81 bits per heavy atom. The van der Waals surface area contributed by atoms with E-state index in [0.29, 0.717) is 12.4 Å². The van der Waals surface area contributed by atoms with Crippen molar-refractivity contribution < 1.29 is 42.5 Å². The van der Waals surface area contributed by atoms with Gasteiger partial charge in [-0.05, 0) is 48.1 Å². The van der Waals surface area contributed by atoms with Crippen LogP contribution in [0.5, 0.6) is 5.75 Å². The molecule has 4 rings (SSSR count). The maximum atomic E-state index is 14.9. The molecule has 0 spiro atoms. The van der Waals surface area contributed by atoms with Crippen LogP contribution in [0, 0.1) is 11.6 Å². The molecule has 0 bridgehead atoms. The Bertz CT molecular complexity index is 2060. The molecule has 4 aromatic rings. The molecule has 278 valence electrons. The number of amides is 2. The van der Waals surface area contributed by atoms with E-state index in [-0.39, 0.29) is 58.6 Å². The van der Waals surface area contributed by atoms with E-state index in [0.717, 1.165) is 12.1 Å². The number of carboxylic acid groups (broad SMARTS) is 1. The van der Waals surface area contributed by atoms with E-state index in [9.17, 15) is 33.1 Å². The summed E-state index contributed by atoms with van der Waals surface area (Å²) < 4.78 is 42.3. The summed E-state index contributed by atoms with van der Waals surface area (Å²) in [6.45, 7) is -0.359. The average Bonchev–Trinajstić information content (AvgIpc) is 3.87. The molecule has 0 fully saturated rings. The van der Waals surface area contributed by atoms with Crippen molar-refractivity contribution in [1.29, 1.82) is 0 Å². The van der Waals surface area contributed by atoms with Gasteiger partial charge in [-0.3, -0.25) is 23.5 Å². The Morgan fingerprint density at radius 2 is 1.34 bits per heavy atom. The normalized spacial score (nSPS) is 12.0. The second kappa shape index (κ2) is 19.2. The van der Waals surface area contributed by atoms with Crippen molar-refractivity contribution >= 4 is 47.1 Å². The lowest BCUT2D eigenvalue weighted by Crippen LogP contribution is -2.22. The number of aldehydes is 1. The lowest BCUT2D eigenvalue weighted by Gasteiger charge is -2.14. The number of hydrogen-bond acceptors (Lipinski definition) is 12. The molecule has 2 amide bonds. The van der Waals surface area contributed by atoms with Gasteiger partial charge in [0.2, 0.25) is 0 Å². The summed E-state index contributed by atoms with van der Waals surface area (Å²) in [4.78, 5) is 56.5. The smallest absolute Gasteiger partial charge is 0.337 e. The number of hydrogen-bond donors (Lipinski definition) is 7. The van der Waals surface area contributed by atoms with Crippen LogP contribution < -0.4 is 38.3 Å². The molecule has 53 heavy (non-hydrogen) atoms. The van der Waals surface area contributed by atoms with E-state index in [1.54, 1.807) is 26.6 Å². The highest BCUT2D eigenvalue weighted by Crippen LogP contribution is 2.28. The summed E-state index contributed by atoms with van der Waals surface area (Å²) in [5, 5.41) is 14.3. The second-order valence-corrected chi connectivity index (χ2v) is 10.6. The number of nitrogens with one attached hydrogen (secondary N) is 2. The number of ether oxygens (including phenoxy) is 2. The molecule has 11 N–H and O–H groups in total. The Labute approximate surface area is 300 Å². The second-order valence-electron chi connectivity index (χ2n) is 10.6. The zero-order valence-electron chi connectivity index (χ0n) is 28.3. The number of carbonyl (C=O) groups excluding carboxylic acids is 3. The first-order valence-electron chi connectivity index (χ1n) is 15.1. The maximum Gasteiger partial charge on any atom is 0.337 e. The number of benzene rings is 2. The number of nitrogens with two attached hydrogens (primary N) is 4. The molecule has 19 heteroatoms. The number of allylic oxidation sites excluding steroid dienone is 4. The summed E-state index contributed by atoms with van der Waals surface area (Å²) in [5.74, 6) is -5.31. The summed E-state index contributed by atoms with van der Waals surface area (Å²) in [5.41, 5.74) is 21.5. The fourth-order valence-electron chi connectivity index (χ4n) is 4.13. The highest BCUT2D eigenvalue weighted by molar-refractivity contribution is 6.07. The summed E-state index contributed by atoms with van der Waals surface area (Å²) in [6.07, 6.45) is 14.2. The van der Waals surface area contributed by atoms with E-state index in [1.165, 1.54) is 64.6 Å². The van der Waals surface area contributed by atoms with E-state index in [1.807, 2.05) is 0 Å². The molecule has 0 saturated carbocycles. The van der Waals surface area contributed by atoms with Crippen LogP contribution in [0.25, 0.3) is 11.6 Å². The number of carbonyl (C=O) groups is 4. The third-order valence-corrected chi connectivity index (χ3v) is 6.77. The fraction of sp³-hybridized carbons (Fsp3) is 0.118. The van der Waals surface area contributed by atoms with Gasteiger partial charge in [0, 0.05) is 57.1 Å². The molecule has 0 radical (unpaired) electrons.